The van der Waals surface area contributed by atoms with E-state index in [1.807, 2.05) is 19.1 Å². The topological polar surface area (TPSA) is 69.4 Å². The Morgan fingerprint density at radius 1 is 1.19 bits per heavy atom. The number of nitro groups is 1. The Kier molecular flexibility index (Phi) is 4.37. The fourth-order valence-corrected chi connectivity index (χ4v) is 2.38. The SMILES string of the molecule is CC(=O)c1cc([N+](=O)[O-])ccc1Oc1ccc(C)cc1Br. The third kappa shape index (κ3) is 3.46. The molecule has 2 rings (SSSR count). The van der Waals surface area contributed by atoms with Crippen molar-refractivity contribution in [3.05, 3.63) is 62.1 Å². The van der Waals surface area contributed by atoms with E-state index in [0.717, 1.165) is 10.0 Å². The van der Waals surface area contributed by atoms with Gasteiger partial charge in [-0.15, -0.1) is 0 Å². The first kappa shape index (κ1) is 15.2. The summed E-state index contributed by atoms with van der Waals surface area (Å²) in [6, 6.07) is 9.49. The maximum atomic E-state index is 11.7. The molecule has 0 unspecified atom stereocenters. The number of halogens is 1. The van der Waals surface area contributed by atoms with Crippen LogP contribution in [0.1, 0.15) is 22.8 Å². The predicted molar refractivity (Wildman–Crippen MR) is 82.1 cm³/mol. The van der Waals surface area contributed by atoms with Crippen molar-refractivity contribution in [1.29, 1.82) is 0 Å². The van der Waals surface area contributed by atoms with Gasteiger partial charge in [-0.3, -0.25) is 14.9 Å². The highest BCUT2D eigenvalue weighted by atomic mass is 79.9. The summed E-state index contributed by atoms with van der Waals surface area (Å²) in [5, 5.41) is 10.8. The number of hydrogen-bond acceptors (Lipinski definition) is 4. The lowest BCUT2D eigenvalue weighted by atomic mass is 10.1. The number of non-ortho nitro benzene ring substituents is 1. The van der Waals surface area contributed by atoms with Gasteiger partial charge in [-0.05, 0) is 53.5 Å². The van der Waals surface area contributed by atoms with E-state index in [1.54, 1.807) is 6.07 Å². The lowest BCUT2D eigenvalue weighted by Gasteiger charge is -2.11. The number of benzene rings is 2. The highest BCUT2D eigenvalue weighted by Crippen LogP contribution is 2.33. The van der Waals surface area contributed by atoms with E-state index < -0.39 is 4.92 Å². The number of nitro benzene ring substituents is 1. The molecule has 0 saturated carbocycles. The standard InChI is InChI=1S/C15H12BrNO4/c1-9-3-5-15(13(16)7-9)21-14-6-4-11(17(19)20)8-12(14)10(2)18/h3-8H,1-2H3. The minimum atomic E-state index is -0.544. The quantitative estimate of drug-likeness (QED) is 0.457. The molecule has 0 N–H and O–H groups in total. The number of carbonyl (C=O) groups is 1. The summed E-state index contributed by atoms with van der Waals surface area (Å²) in [7, 11) is 0. The van der Waals surface area contributed by atoms with Crippen LogP contribution in [0.15, 0.2) is 40.9 Å². The third-order valence-electron chi connectivity index (χ3n) is 2.86. The lowest BCUT2D eigenvalue weighted by molar-refractivity contribution is -0.384. The van der Waals surface area contributed by atoms with Crippen molar-refractivity contribution >= 4 is 27.4 Å². The number of carbonyl (C=O) groups excluding carboxylic acids is 1. The van der Waals surface area contributed by atoms with Crippen LogP contribution in [0.25, 0.3) is 0 Å². The summed E-state index contributed by atoms with van der Waals surface area (Å²) in [6.07, 6.45) is 0. The maximum absolute atomic E-state index is 11.7. The Morgan fingerprint density at radius 2 is 1.86 bits per heavy atom. The van der Waals surface area contributed by atoms with E-state index in [0.29, 0.717) is 5.75 Å². The van der Waals surface area contributed by atoms with Gasteiger partial charge in [0.15, 0.2) is 5.78 Å². The molecule has 0 fully saturated rings. The number of aryl methyl sites for hydroxylation is 1. The van der Waals surface area contributed by atoms with Gasteiger partial charge >= 0.3 is 0 Å². The minimum absolute atomic E-state index is 0.143. The van der Waals surface area contributed by atoms with E-state index in [2.05, 4.69) is 15.9 Å². The Hall–Kier alpha value is -2.21. The Balaban J connectivity index is 2.44. The van der Waals surface area contributed by atoms with Crippen LogP contribution in [0.3, 0.4) is 0 Å². The molecule has 0 spiro atoms. The van der Waals surface area contributed by atoms with Crippen molar-refractivity contribution in [1.82, 2.24) is 0 Å². The number of hydrogen-bond donors (Lipinski definition) is 0. The van der Waals surface area contributed by atoms with Crippen LogP contribution in [-0.2, 0) is 0 Å². The molecule has 0 amide bonds. The van der Waals surface area contributed by atoms with E-state index in [9.17, 15) is 14.9 Å². The van der Waals surface area contributed by atoms with E-state index in [1.165, 1.54) is 25.1 Å². The molecule has 0 bridgehead atoms. The fourth-order valence-electron chi connectivity index (χ4n) is 1.80. The van der Waals surface area contributed by atoms with Crippen LogP contribution in [-0.4, -0.2) is 10.7 Å². The average Bonchev–Trinajstić information content (AvgIpc) is 2.41. The zero-order valence-electron chi connectivity index (χ0n) is 11.4. The first-order chi connectivity index (χ1) is 9.88. The number of ether oxygens (including phenoxy) is 1. The first-order valence-corrected chi connectivity index (χ1v) is 6.91. The molecule has 0 radical (unpaired) electrons. The molecule has 0 saturated heterocycles. The molecule has 2 aromatic carbocycles. The molecular weight excluding hydrogens is 338 g/mol. The normalized spacial score (nSPS) is 10.2. The highest BCUT2D eigenvalue weighted by molar-refractivity contribution is 9.10. The number of nitrogens with zero attached hydrogens (tertiary/aromatic N) is 1. The zero-order chi connectivity index (χ0) is 15.6. The summed E-state index contributed by atoms with van der Waals surface area (Å²) >= 11 is 3.39. The summed E-state index contributed by atoms with van der Waals surface area (Å²) in [5.41, 5.74) is 1.09. The van der Waals surface area contributed by atoms with Crippen molar-refractivity contribution in [2.75, 3.05) is 0 Å². The second-order valence-corrected chi connectivity index (χ2v) is 5.38. The summed E-state index contributed by atoms with van der Waals surface area (Å²) in [4.78, 5) is 21.9. The van der Waals surface area contributed by atoms with Crippen molar-refractivity contribution in [3.63, 3.8) is 0 Å². The molecule has 0 heterocycles. The molecule has 0 aliphatic rings. The second kappa shape index (κ2) is 6.05. The fraction of sp³-hybridized carbons (Fsp3) is 0.133. The van der Waals surface area contributed by atoms with Gasteiger partial charge in [0.05, 0.1) is 15.0 Å². The van der Waals surface area contributed by atoms with E-state index in [-0.39, 0.29) is 22.8 Å². The van der Waals surface area contributed by atoms with Gasteiger partial charge < -0.3 is 4.74 Å². The zero-order valence-corrected chi connectivity index (χ0v) is 13.0. The van der Waals surface area contributed by atoms with Crippen molar-refractivity contribution < 1.29 is 14.5 Å². The first-order valence-electron chi connectivity index (χ1n) is 6.12. The van der Waals surface area contributed by atoms with Gasteiger partial charge in [0.2, 0.25) is 0 Å². The van der Waals surface area contributed by atoms with Crippen molar-refractivity contribution in [2.45, 2.75) is 13.8 Å². The van der Waals surface area contributed by atoms with Gasteiger partial charge in [0, 0.05) is 12.1 Å². The lowest BCUT2D eigenvalue weighted by Crippen LogP contribution is -1.99. The number of Topliss-reactive ketones (excluding diaryl/α,β-unsaturated/α-hetero) is 1. The van der Waals surface area contributed by atoms with Gasteiger partial charge in [-0.25, -0.2) is 0 Å². The largest absolute Gasteiger partial charge is 0.455 e. The molecule has 0 aliphatic carbocycles. The van der Waals surface area contributed by atoms with Gasteiger partial charge in [0.25, 0.3) is 5.69 Å². The molecule has 0 atom stereocenters. The Bertz CT molecular complexity index is 728. The van der Waals surface area contributed by atoms with Gasteiger partial charge in [-0.1, -0.05) is 6.07 Å². The third-order valence-corrected chi connectivity index (χ3v) is 3.48. The molecular formula is C15H12BrNO4. The Morgan fingerprint density at radius 3 is 2.43 bits per heavy atom. The summed E-state index contributed by atoms with van der Waals surface area (Å²) < 4.78 is 6.45. The average molecular weight is 350 g/mol. The molecule has 2 aromatic rings. The van der Waals surface area contributed by atoms with Gasteiger partial charge in [0.1, 0.15) is 11.5 Å². The van der Waals surface area contributed by atoms with Crippen LogP contribution >= 0.6 is 15.9 Å². The number of ketones is 1. The molecule has 6 heteroatoms. The molecule has 21 heavy (non-hydrogen) atoms. The minimum Gasteiger partial charge on any atom is -0.455 e. The smallest absolute Gasteiger partial charge is 0.270 e. The van der Waals surface area contributed by atoms with Crippen LogP contribution in [0.2, 0.25) is 0 Å². The predicted octanol–water partition coefficient (Wildman–Crippen LogP) is 4.66. The second-order valence-electron chi connectivity index (χ2n) is 4.53. The molecule has 0 aromatic heterocycles. The van der Waals surface area contributed by atoms with Crippen molar-refractivity contribution in [3.8, 4) is 11.5 Å². The van der Waals surface area contributed by atoms with E-state index in [4.69, 9.17) is 4.74 Å². The maximum Gasteiger partial charge on any atom is 0.270 e. The molecule has 5 nitrogen and oxygen atoms in total. The van der Waals surface area contributed by atoms with E-state index >= 15 is 0 Å². The highest BCUT2D eigenvalue weighted by Gasteiger charge is 2.16. The van der Waals surface area contributed by atoms with Crippen LogP contribution in [0, 0.1) is 17.0 Å². The van der Waals surface area contributed by atoms with Crippen LogP contribution < -0.4 is 4.74 Å². The Labute approximate surface area is 129 Å². The molecule has 108 valence electrons. The summed E-state index contributed by atoms with van der Waals surface area (Å²) in [6.45, 7) is 3.29. The van der Waals surface area contributed by atoms with Crippen molar-refractivity contribution in [2.24, 2.45) is 0 Å². The molecule has 0 aliphatic heterocycles. The number of rotatable bonds is 4. The van der Waals surface area contributed by atoms with Crippen LogP contribution in [0.4, 0.5) is 5.69 Å². The summed E-state index contributed by atoms with van der Waals surface area (Å²) in [5.74, 6) is 0.534. The monoisotopic (exact) mass is 349 g/mol. The van der Waals surface area contributed by atoms with Gasteiger partial charge in [-0.2, -0.15) is 0 Å². The van der Waals surface area contributed by atoms with Crippen LogP contribution in [0.5, 0.6) is 11.5 Å².